The molecule has 2 bridgehead atoms. The van der Waals surface area contributed by atoms with Crippen LogP contribution in [0, 0.1) is 30.6 Å². The van der Waals surface area contributed by atoms with E-state index in [0.717, 1.165) is 22.0 Å². The summed E-state index contributed by atoms with van der Waals surface area (Å²) in [6, 6.07) is 17.5. The number of carbonyl (C=O) groups is 4. The smallest absolute Gasteiger partial charge is 0.339 e. The van der Waals surface area contributed by atoms with Crippen LogP contribution in [-0.2, 0) is 19.7 Å². The molecule has 0 radical (unpaired) electrons. The first-order chi connectivity index (χ1) is 20.0. The first-order valence-electron chi connectivity index (χ1n) is 13.3. The van der Waals surface area contributed by atoms with E-state index in [-0.39, 0.29) is 33.6 Å². The lowest BCUT2D eigenvalue weighted by atomic mass is 9.85. The Kier molecular flexibility index (Phi) is 6.98. The molecule has 2 aliphatic carbocycles. The van der Waals surface area contributed by atoms with Crippen molar-refractivity contribution in [1.29, 1.82) is 0 Å². The number of fused-ring (bicyclic) bond motifs is 5. The van der Waals surface area contributed by atoms with Gasteiger partial charge in [0.1, 0.15) is 17.2 Å². The molecular weight excluding hydrogens is 580 g/mol. The molecule has 3 aromatic carbocycles. The van der Waals surface area contributed by atoms with Gasteiger partial charge in [-0.1, -0.05) is 41.4 Å². The van der Waals surface area contributed by atoms with Gasteiger partial charge in [-0.3, -0.25) is 19.2 Å². The maximum absolute atomic E-state index is 13.6. The minimum absolute atomic E-state index is 0.0121. The van der Waals surface area contributed by atoms with Crippen molar-refractivity contribution in [2.24, 2.45) is 23.7 Å². The van der Waals surface area contributed by atoms with Gasteiger partial charge < -0.3 is 4.18 Å². The van der Waals surface area contributed by atoms with Gasteiger partial charge >= 0.3 is 10.1 Å². The van der Waals surface area contributed by atoms with Crippen molar-refractivity contribution < 1.29 is 31.8 Å². The first-order valence-corrected chi connectivity index (χ1v) is 15.1. The Balaban J connectivity index is 1.24. The largest absolute Gasteiger partial charge is 0.379 e. The van der Waals surface area contributed by atoms with Gasteiger partial charge in [0.15, 0.2) is 5.78 Å². The Bertz CT molecular complexity index is 1710. The van der Waals surface area contributed by atoms with Crippen LogP contribution < -0.4 is 4.18 Å². The van der Waals surface area contributed by atoms with Crippen molar-refractivity contribution in [2.75, 3.05) is 6.54 Å². The lowest BCUT2D eigenvalue weighted by molar-refractivity contribution is -0.154. The van der Waals surface area contributed by atoms with Crippen molar-refractivity contribution in [1.82, 2.24) is 10.0 Å². The normalized spacial score (nSPS) is 22.4. The van der Waals surface area contributed by atoms with Crippen molar-refractivity contribution in [3.05, 3.63) is 107 Å². The average molecular weight is 605 g/mol. The number of halogens is 1. The van der Waals surface area contributed by atoms with Gasteiger partial charge in [-0.25, -0.2) is 5.01 Å². The minimum Gasteiger partial charge on any atom is -0.379 e. The fourth-order valence-corrected chi connectivity index (χ4v) is 6.96. The Morgan fingerprint density at radius 1 is 0.857 bits per heavy atom. The quantitative estimate of drug-likeness (QED) is 0.161. The number of benzene rings is 3. The standard InChI is InChI=1S/C31H25ClN2O7S/c1-18-2-14-25(15-3-18)42(39,40)41-24-12-8-19(9-13-24)26(35)17-33(29(36)20-6-10-23(32)11-7-20)34-30(37)27-21-4-5-22(16-21)28(27)31(34)38/h2-15,21-22,27-28H,16-17H2,1H3/t21-,22-,27-,28+/m0/s1. The molecule has 6 rings (SSSR count). The molecule has 3 aromatic rings. The Hall–Kier alpha value is -4.28. The highest BCUT2D eigenvalue weighted by Crippen LogP contribution is 2.52. The van der Waals surface area contributed by atoms with E-state index in [1.165, 1.54) is 60.7 Å². The summed E-state index contributed by atoms with van der Waals surface area (Å²) < 4.78 is 30.5. The number of hydrogen-bond acceptors (Lipinski definition) is 7. The van der Waals surface area contributed by atoms with Crippen LogP contribution in [0.2, 0.25) is 5.02 Å². The third kappa shape index (κ3) is 4.90. The molecule has 1 aliphatic heterocycles. The van der Waals surface area contributed by atoms with E-state index < -0.39 is 52.0 Å². The van der Waals surface area contributed by atoms with Crippen LogP contribution in [0.4, 0.5) is 0 Å². The molecule has 11 heteroatoms. The monoisotopic (exact) mass is 604 g/mol. The zero-order valence-electron chi connectivity index (χ0n) is 22.3. The lowest BCUT2D eigenvalue weighted by Gasteiger charge is -2.30. The summed E-state index contributed by atoms with van der Waals surface area (Å²) in [5.74, 6) is -3.55. The summed E-state index contributed by atoms with van der Waals surface area (Å²) in [6.07, 6.45) is 4.61. The molecule has 0 unspecified atom stereocenters. The maximum atomic E-state index is 13.6. The molecule has 3 amide bonds. The fourth-order valence-electron chi connectivity index (χ4n) is 5.90. The highest BCUT2D eigenvalue weighted by Gasteiger charge is 2.61. The summed E-state index contributed by atoms with van der Waals surface area (Å²) in [6.45, 7) is 1.24. The van der Waals surface area contributed by atoms with Crippen LogP contribution in [0.25, 0.3) is 0 Å². The highest BCUT2D eigenvalue weighted by atomic mass is 35.5. The van der Waals surface area contributed by atoms with Crippen molar-refractivity contribution in [2.45, 2.75) is 18.2 Å². The van der Waals surface area contributed by atoms with Gasteiger partial charge in [0.25, 0.3) is 17.7 Å². The maximum Gasteiger partial charge on any atom is 0.339 e. The van der Waals surface area contributed by atoms with Gasteiger partial charge in [-0.2, -0.15) is 13.4 Å². The molecule has 2 fully saturated rings. The van der Waals surface area contributed by atoms with Gasteiger partial charge in [0.2, 0.25) is 0 Å². The van der Waals surface area contributed by atoms with Crippen LogP contribution in [0.1, 0.15) is 32.7 Å². The van der Waals surface area contributed by atoms with E-state index in [2.05, 4.69) is 0 Å². The van der Waals surface area contributed by atoms with Gasteiger partial charge in [-0.05, 0) is 85.8 Å². The fraction of sp³-hybridized carbons (Fsp3) is 0.226. The van der Waals surface area contributed by atoms with E-state index in [9.17, 15) is 27.6 Å². The predicted molar refractivity (Wildman–Crippen MR) is 152 cm³/mol. The second kappa shape index (κ2) is 10.5. The van der Waals surface area contributed by atoms with E-state index in [1.807, 2.05) is 19.1 Å². The molecule has 1 saturated heterocycles. The molecule has 42 heavy (non-hydrogen) atoms. The minimum atomic E-state index is -4.10. The first kappa shape index (κ1) is 27.9. The molecule has 214 valence electrons. The van der Waals surface area contributed by atoms with Crippen LogP contribution >= 0.6 is 11.6 Å². The molecule has 0 aromatic heterocycles. The summed E-state index contributed by atoms with van der Waals surface area (Å²) in [7, 11) is -4.10. The number of hydrogen-bond donors (Lipinski definition) is 0. The Labute approximate surface area is 247 Å². The summed E-state index contributed by atoms with van der Waals surface area (Å²) >= 11 is 5.98. The number of rotatable bonds is 8. The molecule has 1 heterocycles. The predicted octanol–water partition coefficient (Wildman–Crippen LogP) is 4.46. The second-order valence-corrected chi connectivity index (χ2v) is 12.6. The zero-order valence-corrected chi connectivity index (χ0v) is 23.9. The SMILES string of the molecule is Cc1ccc(S(=O)(=O)Oc2ccc(C(=O)CN(C(=O)c3ccc(Cl)cc3)N3C(=O)[C@@H]4[C@H](C3=O)[C@H]3C=C[C@H]4C3)cc2)cc1. The number of ketones is 1. The highest BCUT2D eigenvalue weighted by molar-refractivity contribution is 7.87. The molecule has 1 saturated carbocycles. The molecule has 0 spiro atoms. The van der Waals surface area contributed by atoms with E-state index >= 15 is 0 Å². The van der Waals surface area contributed by atoms with E-state index in [4.69, 9.17) is 15.8 Å². The topological polar surface area (TPSA) is 118 Å². The second-order valence-electron chi connectivity index (χ2n) is 10.7. The van der Waals surface area contributed by atoms with Crippen LogP contribution in [-0.4, -0.2) is 48.5 Å². The van der Waals surface area contributed by atoms with Crippen molar-refractivity contribution in [3.8, 4) is 5.75 Å². The summed E-state index contributed by atoms with van der Waals surface area (Å²) in [5, 5.41) is 2.13. The van der Waals surface area contributed by atoms with E-state index in [1.54, 1.807) is 12.1 Å². The number of imide groups is 1. The number of nitrogens with zero attached hydrogens (tertiary/aromatic N) is 2. The molecule has 3 aliphatic rings. The van der Waals surface area contributed by atoms with Crippen LogP contribution in [0.3, 0.4) is 0 Å². The summed E-state index contributed by atoms with van der Waals surface area (Å²) in [5.41, 5.74) is 1.17. The van der Waals surface area contributed by atoms with Crippen LogP contribution in [0.5, 0.6) is 5.75 Å². The van der Waals surface area contributed by atoms with Gasteiger partial charge in [-0.15, -0.1) is 0 Å². The molecule has 9 nitrogen and oxygen atoms in total. The third-order valence-electron chi connectivity index (χ3n) is 8.00. The van der Waals surface area contributed by atoms with Gasteiger partial charge in [0.05, 0.1) is 11.8 Å². The molecule has 4 atom stereocenters. The number of amides is 3. The van der Waals surface area contributed by atoms with Crippen molar-refractivity contribution >= 4 is 45.2 Å². The lowest BCUT2D eigenvalue weighted by Crippen LogP contribution is -2.52. The average Bonchev–Trinajstić information content (AvgIpc) is 3.66. The summed E-state index contributed by atoms with van der Waals surface area (Å²) in [4.78, 5) is 54.1. The van der Waals surface area contributed by atoms with Crippen LogP contribution in [0.15, 0.2) is 89.8 Å². The Morgan fingerprint density at radius 3 is 1.98 bits per heavy atom. The number of aryl methyl sites for hydroxylation is 1. The third-order valence-corrected chi connectivity index (χ3v) is 9.51. The van der Waals surface area contributed by atoms with Gasteiger partial charge in [0, 0.05) is 16.1 Å². The number of hydrazine groups is 1. The number of Topliss-reactive ketones (excluding diaryl/α,β-unsaturated/α-hetero) is 1. The van der Waals surface area contributed by atoms with E-state index in [0.29, 0.717) is 5.02 Å². The zero-order chi connectivity index (χ0) is 29.8. The molecular formula is C31H25ClN2O7S. The number of allylic oxidation sites excluding steroid dienone is 2. The number of carbonyl (C=O) groups excluding carboxylic acids is 4. The molecule has 0 N–H and O–H groups in total. The van der Waals surface area contributed by atoms with Crippen molar-refractivity contribution in [3.63, 3.8) is 0 Å². The Morgan fingerprint density at radius 2 is 1.40 bits per heavy atom.